The number of carbonyl (C=O) groups excluding carboxylic acids is 2. The summed E-state index contributed by atoms with van der Waals surface area (Å²) in [6, 6.07) is 23.0. The molecule has 0 radical (unpaired) electrons. The third kappa shape index (κ3) is 4.73. The molecule has 160 valence electrons. The number of nitrogens with one attached hydrogen (secondary N) is 1. The van der Waals surface area contributed by atoms with Crippen molar-refractivity contribution in [3.63, 3.8) is 0 Å². The zero-order valence-corrected chi connectivity index (χ0v) is 17.1. The number of benzene rings is 3. The molecule has 1 heterocycles. The van der Waals surface area contributed by atoms with Crippen LogP contribution in [0.4, 0.5) is 5.69 Å². The van der Waals surface area contributed by atoms with Gasteiger partial charge in [-0.1, -0.05) is 60.7 Å². The minimum absolute atomic E-state index is 0.0154. The summed E-state index contributed by atoms with van der Waals surface area (Å²) in [5.74, 6) is -2.18. The molecule has 2 N–H and O–H groups in total. The number of imidazole rings is 1. The first-order valence-corrected chi connectivity index (χ1v) is 10.1. The van der Waals surface area contributed by atoms with E-state index in [2.05, 4.69) is 10.3 Å². The molecular formula is C25H21N3O4. The lowest BCUT2D eigenvalue weighted by atomic mass is 10.0. The first-order valence-electron chi connectivity index (χ1n) is 10.1. The molecule has 0 aliphatic carbocycles. The summed E-state index contributed by atoms with van der Waals surface area (Å²) in [6.07, 6.45) is 1.49. The van der Waals surface area contributed by atoms with Crippen LogP contribution in [-0.2, 0) is 20.8 Å². The molecule has 1 aromatic heterocycles. The quantitative estimate of drug-likeness (QED) is 0.416. The van der Waals surface area contributed by atoms with E-state index in [1.54, 1.807) is 41.2 Å². The van der Waals surface area contributed by atoms with Gasteiger partial charge in [-0.25, -0.2) is 4.98 Å². The number of carbonyl (C=O) groups is 3. The molecule has 4 aromatic rings. The molecule has 0 aliphatic heterocycles. The SMILES string of the molecule is O=C(O)CC(c1ccccc1)n1cnc2ccc(NC(=O)C(=O)Cc3ccccc3)cc21. The predicted molar refractivity (Wildman–Crippen MR) is 120 cm³/mol. The molecule has 0 bridgehead atoms. The van der Waals surface area contributed by atoms with Crippen LogP contribution in [0.2, 0.25) is 0 Å². The van der Waals surface area contributed by atoms with Crippen LogP contribution in [0.5, 0.6) is 0 Å². The molecule has 3 aromatic carbocycles. The Hall–Kier alpha value is -4.26. The normalized spacial score (nSPS) is 11.8. The summed E-state index contributed by atoms with van der Waals surface area (Å²) >= 11 is 0. The molecule has 7 heteroatoms. The minimum Gasteiger partial charge on any atom is -0.481 e. The number of hydrogen-bond donors (Lipinski definition) is 2. The molecule has 7 nitrogen and oxygen atoms in total. The van der Waals surface area contributed by atoms with Crippen molar-refractivity contribution < 1.29 is 19.5 Å². The molecule has 4 rings (SSSR count). The van der Waals surface area contributed by atoms with E-state index in [4.69, 9.17) is 0 Å². The van der Waals surface area contributed by atoms with Crippen molar-refractivity contribution >= 4 is 34.4 Å². The maximum atomic E-state index is 12.4. The van der Waals surface area contributed by atoms with Crippen LogP contribution in [-0.4, -0.2) is 32.3 Å². The fraction of sp³-hybridized carbons (Fsp3) is 0.120. The van der Waals surface area contributed by atoms with Crippen molar-refractivity contribution in [1.82, 2.24) is 9.55 Å². The molecule has 0 spiro atoms. The van der Waals surface area contributed by atoms with E-state index in [-0.39, 0.29) is 12.8 Å². The second kappa shape index (κ2) is 9.26. The van der Waals surface area contributed by atoms with Crippen LogP contribution in [0.15, 0.2) is 85.2 Å². The Morgan fingerprint density at radius 2 is 1.62 bits per heavy atom. The highest BCUT2D eigenvalue weighted by Crippen LogP contribution is 2.28. The molecule has 0 saturated heterocycles. The lowest BCUT2D eigenvalue weighted by Crippen LogP contribution is -2.24. The minimum atomic E-state index is -0.934. The zero-order valence-electron chi connectivity index (χ0n) is 17.1. The first kappa shape index (κ1) is 21.0. The van der Waals surface area contributed by atoms with Crippen molar-refractivity contribution in [1.29, 1.82) is 0 Å². The van der Waals surface area contributed by atoms with Gasteiger partial charge in [-0.2, -0.15) is 0 Å². The highest BCUT2D eigenvalue weighted by molar-refractivity contribution is 6.41. The van der Waals surface area contributed by atoms with Gasteiger partial charge in [0.2, 0.25) is 5.78 Å². The van der Waals surface area contributed by atoms with Gasteiger partial charge in [0.1, 0.15) is 0 Å². The Balaban J connectivity index is 1.60. The number of carboxylic acids is 1. The van der Waals surface area contributed by atoms with Crippen LogP contribution in [0.25, 0.3) is 11.0 Å². The predicted octanol–water partition coefficient (Wildman–Crippen LogP) is 3.85. The van der Waals surface area contributed by atoms with Crippen molar-refractivity contribution in [2.45, 2.75) is 18.9 Å². The van der Waals surface area contributed by atoms with E-state index in [1.807, 2.05) is 48.5 Å². The van der Waals surface area contributed by atoms with E-state index in [0.29, 0.717) is 16.7 Å². The van der Waals surface area contributed by atoms with Crippen LogP contribution >= 0.6 is 0 Å². The number of carboxylic acid groups (broad SMARTS) is 1. The topological polar surface area (TPSA) is 101 Å². The third-order valence-corrected chi connectivity index (χ3v) is 5.18. The standard InChI is InChI=1S/C25H21N3O4/c29-23(13-17-7-3-1-4-8-17)25(32)27-19-11-12-20-22(14-19)28(16-26-20)21(15-24(30)31)18-9-5-2-6-10-18/h1-12,14,16,21H,13,15H2,(H,27,32)(H,30,31). The van der Waals surface area contributed by atoms with Gasteiger partial charge in [-0.15, -0.1) is 0 Å². The number of amides is 1. The lowest BCUT2D eigenvalue weighted by molar-refractivity contribution is -0.137. The Morgan fingerprint density at radius 1 is 0.938 bits per heavy atom. The molecule has 1 unspecified atom stereocenters. The number of Topliss-reactive ketones (excluding diaryl/α,β-unsaturated/α-hetero) is 1. The third-order valence-electron chi connectivity index (χ3n) is 5.18. The van der Waals surface area contributed by atoms with Gasteiger partial charge in [0.05, 0.1) is 29.8 Å². The average molecular weight is 427 g/mol. The van der Waals surface area contributed by atoms with Crippen LogP contribution in [0.3, 0.4) is 0 Å². The molecule has 1 amide bonds. The summed E-state index contributed by atoms with van der Waals surface area (Å²) in [7, 11) is 0. The van der Waals surface area contributed by atoms with E-state index < -0.39 is 23.7 Å². The molecule has 0 saturated carbocycles. The van der Waals surface area contributed by atoms with E-state index in [0.717, 1.165) is 11.1 Å². The van der Waals surface area contributed by atoms with Gasteiger partial charge in [0.25, 0.3) is 5.91 Å². The maximum absolute atomic E-state index is 12.4. The largest absolute Gasteiger partial charge is 0.481 e. The number of aromatic nitrogens is 2. The Morgan fingerprint density at radius 3 is 2.31 bits per heavy atom. The number of hydrogen-bond acceptors (Lipinski definition) is 4. The molecule has 32 heavy (non-hydrogen) atoms. The van der Waals surface area contributed by atoms with Crippen LogP contribution in [0, 0.1) is 0 Å². The highest BCUT2D eigenvalue weighted by Gasteiger charge is 2.20. The van der Waals surface area contributed by atoms with Gasteiger partial charge in [-0.3, -0.25) is 14.4 Å². The number of nitrogens with zero attached hydrogens (tertiary/aromatic N) is 2. The summed E-state index contributed by atoms with van der Waals surface area (Å²) in [4.78, 5) is 40.6. The maximum Gasteiger partial charge on any atom is 0.305 e. The van der Waals surface area contributed by atoms with Crippen molar-refractivity contribution in [3.05, 3.63) is 96.3 Å². The Labute approximate surface area is 184 Å². The fourth-order valence-electron chi connectivity index (χ4n) is 3.63. The monoisotopic (exact) mass is 427 g/mol. The number of anilines is 1. The molecule has 0 aliphatic rings. The van der Waals surface area contributed by atoms with Crippen molar-refractivity contribution in [3.8, 4) is 0 Å². The molecule has 1 atom stereocenters. The summed E-state index contributed by atoms with van der Waals surface area (Å²) in [6.45, 7) is 0. The van der Waals surface area contributed by atoms with Crippen LogP contribution in [0.1, 0.15) is 23.6 Å². The van der Waals surface area contributed by atoms with E-state index in [9.17, 15) is 19.5 Å². The van der Waals surface area contributed by atoms with Gasteiger partial charge in [-0.05, 0) is 29.3 Å². The number of fused-ring (bicyclic) bond motifs is 1. The first-order chi connectivity index (χ1) is 15.5. The smallest absolute Gasteiger partial charge is 0.305 e. The Kier molecular flexibility index (Phi) is 6.07. The zero-order chi connectivity index (χ0) is 22.5. The lowest BCUT2D eigenvalue weighted by Gasteiger charge is -2.18. The Bertz CT molecular complexity index is 1270. The fourth-order valence-corrected chi connectivity index (χ4v) is 3.63. The average Bonchev–Trinajstić information content (AvgIpc) is 3.21. The summed E-state index contributed by atoms with van der Waals surface area (Å²) in [5.41, 5.74) is 3.35. The van der Waals surface area contributed by atoms with Gasteiger partial charge in [0.15, 0.2) is 0 Å². The van der Waals surface area contributed by atoms with Gasteiger partial charge in [0, 0.05) is 12.1 Å². The van der Waals surface area contributed by atoms with Crippen molar-refractivity contribution in [2.75, 3.05) is 5.32 Å². The van der Waals surface area contributed by atoms with E-state index >= 15 is 0 Å². The second-order valence-electron chi connectivity index (χ2n) is 7.42. The second-order valence-corrected chi connectivity index (χ2v) is 7.42. The number of ketones is 1. The van der Waals surface area contributed by atoms with Gasteiger partial charge >= 0.3 is 5.97 Å². The van der Waals surface area contributed by atoms with Gasteiger partial charge < -0.3 is 15.0 Å². The summed E-state index contributed by atoms with van der Waals surface area (Å²) in [5, 5.41) is 12.1. The highest BCUT2D eigenvalue weighted by atomic mass is 16.4. The van der Waals surface area contributed by atoms with Crippen LogP contribution < -0.4 is 5.32 Å². The number of rotatable bonds is 8. The summed E-state index contributed by atoms with van der Waals surface area (Å²) < 4.78 is 1.78. The van der Waals surface area contributed by atoms with E-state index in [1.165, 1.54) is 0 Å². The molecule has 0 fully saturated rings. The number of aliphatic carboxylic acids is 1. The van der Waals surface area contributed by atoms with Crippen molar-refractivity contribution in [2.24, 2.45) is 0 Å². The molecular weight excluding hydrogens is 406 g/mol.